The van der Waals surface area contributed by atoms with E-state index >= 15 is 0 Å². The maximum Gasteiger partial charge on any atom is 0.222 e. The summed E-state index contributed by atoms with van der Waals surface area (Å²) in [4.78, 5) is 13.2. The number of H-pyrrole nitrogens is 1. The number of aromatic amines is 1. The van der Waals surface area contributed by atoms with E-state index in [4.69, 9.17) is 16.6 Å². The Morgan fingerprint density at radius 1 is 1.48 bits per heavy atom. The molecule has 0 aromatic carbocycles. The lowest BCUT2D eigenvalue weighted by Crippen LogP contribution is -2.33. The lowest BCUT2D eigenvalue weighted by molar-refractivity contribution is -0.121. The van der Waals surface area contributed by atoms with Gasteiger partial charge in [-0.25, -0.2) is 0 Å². The minimum Gasteiger partial charge on any atom is -0.469 e. The van der Waals surface area contributed by atoms with E-state index in [2.05, 4.69) is 15.5 Å². The van der Waals surface area contributed by atoms with Crippen molar-refractivity contribution in [3.05, 3.63) is 46.4 Å². The highest BCUT2D eigenvalue weighted by Crippen LogP contribution is 2.22. The van der Waals surface area contributed by atoms with Crippen molar-refractivity contribution in [2.45, 2.75) is 38.8 Å². The molecule has 2 N–H and O–H groups in total. The minimum atomic E-state index is 0.00664. The summed E-state index contributed by atoms with van der Waals surface area (Å²) in [5.41, 5.74) is 0. The Morgan fingerprint density at radius 2 is 2.36 bits per heavy atom. The highest BCUT2D eigenvalue weighted by atomic mass is 32.1. The molecule has 0 saturated heterocycles. The van der Waals surface area contributed by atoms with Gasteiger partial charge >= 0.3 is 0 Å². The highest BCUT2D eigenvalue weighted by Gasteiger charge is 2.13. The summed E-state index contributed by atoms with van der Waals surface area (Å²) >= 11 is 6.88. The normalized spacial score (nSPS) is 12.2. The van der Waals surface area contributed by atoms with E-state index < -0.39 is 0 Å². The average Bonchev–Trinajstić information content (AvgIpc) is 3.33. The molecule has 0 spiro atoms. The molecule has 8 heteroatoms. The Balaban J connectivity index is 1.51. The average molecular weight is 377 g/mol. The Kier molecular flexibility index (Phi) is 5.83. The molecule has 0 aliphatic carbocycles. The van der Waals surface area contributed by atoms with Gasteiger partial charge in [0.2, 0.25) is 5.91 Å². The molecule has 6 nitrogen and oxygen atoms in total. The summed E-state index contributed by atoms with van der Waals surface area (Å²) in [7, 11) is 0. The summed E-state index contributed by atoms with van der Waals surface area (Å²) in [6.07, 6.45) is 3.67. The fraction of sp³-hybridized carbons (Fsp3) is 0.353. The van der Waals surface area contributed by atoms with Crippen molar-refractivity contribution >= 4 is 29.5 Å². The van der Waals surface area contributed by atoms with Gasteiger partial charge in [-0.2, -0.15) is 5.10 Å². The lowest BCUT2D eigenvalue weighted by atomic mass is 10.1. The van der Waals surface area contributed by atoms with Crippen LogP contribution in [0.3, 0.4) is 0 Å². The van der Waals surface area contributed by atoms with Crippen LogP contribution in [0.4, 0.5) is 0 Å². The zero-order valence-electron chi connectivity index (χ0n) is 13.9. The zero-order chi connectivity index (χ0) is 17.6. The number of aryl methyl sites for hydroxylation is 1. The van der Waals surface area contributed by atoms with Gasteiger partial charge in [0.05, 0.1) is 11.1 Å². The van der Waals surface area contributed by atoms with Crippen molar-refractivity contribution in [3.63, 3.8) is 0 Å². The third-order valence-corrected chi connectivity index (χ3v) is 5.05. The first-order valence-electron chi connectivity index (χ1n) is 8.14. The molecule has 0 aliphatic heterocycles. The molecule has 1 atom stereocenters. The van der Waals surface area contributed by atoms with Crippen LogP contribution in [0.25, 0.3) is 10.7 Å². The van der Waals surface area contributed by atoms with Crippen molar-refractivity contribution in [2.75, 3.05) is 0 Å². The van der Waals surface area contributed by atoms with Gasteiger partial charge in [-0.1, -0.05) is 6.07 Å². The number of nitrogens with one attached hydrogen (secondary N) is 2. The molecular weight excluding hydrogens is 356 g/mol. The monoisotopic (exact) mass is 376 g/mol. The van der Waals surface area contributed by atoms with E-state index in [9.17, 15) is 4.79 Å². The third kappa shape index (κ3) is 4.67. The fourth-order valence-corrected chi connectivity index (χ4v) is 3.51. The van der Waals surface area contributed by atoms with Crippen molar-refractivity contribution in [1.29, 1.82) is 0 Å². The molecule has 3 heterocycles. The molecule has 25 heavy (non-hydrogen) atoms. The number of thiophene rings is 1. The topological polar surface area (TPSA) is 75.8 Å². The van der Waals surface area contributed by atoms with Gasteiger partial charge in [-0.05, 0) is 49.1 Å². The number of carbonyl (C=O) groups excluding carboxylic acids is 1. The molecule has 0 fully saturated rings. The number of nitrogens with zero attached hydrogens (tertiary/aromatic N) is 2. The lowest BCUT2D eigenvalue weighted by Gasteiger charge is -2.13. The predicted octanol–water partition coefficient (Wildman–Crippen LogP) is 3.79. The summed E-state index contributed by atoms with van der Waals surface area (Å²) in [5, 5.41) is 12.1. The van der Waals surface area contributed by atoms with Gasteiger partial charge in [0.15, 0.2) is 10.6 Å². The van der Waals surface area contributed by atoms with Crippen molar-refractivity contribution < 1.29 is 9.21 Å². The molecule has 3 aromatic rings. The van der Waals surface area contributed by atoms with Crippen molar-refractivity contribution in [1.82, 2.24) is 20.1 Å². The summed E-state index contributed by atoms with van der Waals surface area (Å²) in [6, 6.07) is 7.87. The van der Waals surface area contributed by atoms with E-state index in [1.54, 1.807) is 17.6 Å². The maximum atomic E-state index is 12.2. The standard InChI is InChI=1S/C17H20N4O2S2/c1-12(6-7-13-4-2-10-23-13)18-15(22)8-9-21-16(19-20-17(21)24)14-5-3-11-25-14/h2-5,10-12H,6-9H2,1H3,(H,18,22)(H,20,24). The predicted molar refractivity (Wildman–Crippen MR) is 100.0 cm³/mol. The van der Waals surface area contributed by atoms with Crippen LogP contribution >= 0.6 is 23.6 Å². The van der Waals surface area contributed by atoms with Crippen LogP contribution in [0.15, 0.2) is 40.3 Å². The molecule has 0 aliphatic rings. The fourth-order valence-electron chi connectivity index (χ4n) is 2.57. The number of carbonyl (C=O) groups is 1. The first-order valence-corrected chi connectivity index (χ1v) is 9.43. The number of hydrogen-bond donors (Lipinski definition) is 2. The maximum absolute atomic E-state index is 12.2. The Morgan fingerprint density at radius 3 is 3.08 bits per heavy atom. The third-order valence-electron chi connectivity index (χ3n) is 3.87. The largest absolute Gasteiger partial charge is 0.469 e. The van der Waals surface area contributed by atoms with Gasteiger partial charge in [0.1, 0.15) is 5.76 Å². The Bertz CT molecular complexity index is 850. The van der Waals surface area contributed by atoms with Crippen LogP contribution in [0, 0.1) is 4.77 Å². The molecule has 1 unspecified atom stereocenters. The van der Waals surface area contributed by atoms with Gasteiger partial charge in [-0.15, -0.1) is 11.3 Å². The first kappa shape index (κ1) is 17.6. The van der Waals surface area contributed by atoms with Crippen LogP contribution in [-0.4, -0.2) is 26.7 Å². The molecule has 3 rings (SSSR count). The summed E-state index contributed by atoms with van der Waals surface area (Å²) in [5.74, 6) is 1.72. The highest BCUT2D eigenvalue weighted by molar-refractivity contribution is 7.71. The number of rotatable bonds is 8. The van der Waals surface area contributed by atoms with Gasteiger partial charge in [-0.3, -0.25) is 14.5 Å². The quantitative estimate of drug-likeness (QED) is 0.587. The Labute approximate surface area is 154 Å². The minimum absolute atomic E-state index is 0.00664. The van der Waals surface area contributed by atoms with Crippen LogP contribution in [-0.2, 0) is 17.8 Å². The second-order valence-corrected chi connectivity index (χ2v) is 7.15. The van der Waals surface area contributed by atoms with Crippen molar-refractivity contribution in [2.24, 2.45) is 0 Å². The van der Waals surface area contributed by atoms with E-state index in [1.807, 2.05) is 41.1 Å². The molecule has 132 valence electrons. The van der Waals surface area contributed by atoms with Crippen LogP contribution in [0.2, 0.25) is 0 Å². The second-order valence-electron chi connectivity index (χ2n) is 5.82. The summed E-state index contributed by atoms with van der Waals surface area (Å²) < 4.78 is 7.71. The van der Waals surface area contributed by atoms with E-state index in [-0.39, 0.29) is 11.9 Å². The van der Waals surface area contributed by atoms with Gasteiger partial charge in [0, 0.05) is 25.4 Å². The summed E-state index contributed by atoms with van der Waals surface area (Å²) in [6.45, 7) is 2.50. The number of furan rings is 1. The first-order chi connectivity index (χ1) is 12.1. The van der Waals surface area contributed by atoms with E-state index in [0.717, 1.165) is 29.3 Å². The molecule has 1 amide bonds. The number of hydrogen-bond acceptors (Lipinski definition) is 5. The van der Waals surface area contributed by atoms with Crippen molar-refractivity contribution in [3.8, 4) is 10.7 Å². The van der Waals surface area contributed by atoms with E-state index in [1.165, 1.54) is 0 Å². The van der Waals surface area contributed by atoms with Gasteiger partial charge in [0.25, 0.3) is 0 Å². The molecule has 0 bridgehead atoms. The Hall–Kier alpha value is -2.19. The van der Waals surface area contributed by atoms with Crippen LogP contribution in [0.1, 0.15) is 25.5 Å². The van der Waals surface area contributed by atoms with Gasteiger partial charge < -0.3 is 9.73 Å². The zero-order valence-corrected chi connectivity index (χ0v) is 15.5. The number of amides is 1. The molecule has 0 radical (unpaired) electrons. The van der Waals surface area contributed by atoms with Crippen LogP contribution in [0.5, 0.6) is 0 Å². The number of aromatic nitrogens is 3. The van der Waals surface area contributed by atoms with Crippen LogP contribution < -0.4 is 5.32 Å². The molecule has 3 aromatic heterocycles. The smallest absolute Gasteiger partial charge is 0.222 e. The molecular formula is C17H20N4O2S2. The van der Waals surface area contributed by atoms with E-state index in [0.29, 0.717) is 17.7 Å². The second kappa shape index (κ2) is 8.26. The molecule has 0 saturated carbocycles. The SMILES string of the molecule is CC(CCc1ccco1)NC(=O)CCn1c(-c2cccs2)n[nH]c1=S.